The van der Waals surface area contributed by atoms with Gasteiger partial charge < -0.3 is 10.3 Å². The van der Waals surface area contributed by atoms with Gasteiger partial charge in [-0.3, -0.25) is 0 Å². The van der Waals surface area contributed by atoms with E-state index >= 15 is 0 Å². The average Bonchev–Trinajstić information content (AvgIpc) is 3.07. The van der Waals surface area contributed by atoms with E-state index in [2.05, 4.69) is 52.0 Å². The van der Waals surface area contributed by atoms with Gasteiger partial charge in [0.05, 0.1) is 6.54 Å². The molecule has 0 atom stereocenters. The van der Waals surface area contributed by atoms with Gasteiger partial charge in [-0.15, -0.1) is 0 Å². The van der Waals surface area contributed by atoms with Crippen LogP contribution < -0.4 is 5.73 Å². The number of aryl methyl sites for hydroxylation is 1. The summed E-state index contributed by atoms with van der Waals surface area (Å²) in [5.41, 5.74) is 8.06. The van der Waals surface area contributed by atoms with Crippen LogP contribution >= 0.6 is 0 Å². The van der Waals surface area contributed by atoms with Crippen molar-refractivity contribution in [2.75, 3.05) is 0 Å². The van der Waals surface area contributed by atoms with Gasteiger partial charge in [0.25, 0.3) is 0 Å². The summed E-state index contributed by atoms with van der Waals surface area (Å²) in [6, 6.07) is 8.46. The zero-order chi connectivity index (χ0) is 13.9. The van der Waals surface area contributed by atoms with Gasteiger partial charge in [0.1, 0.15) is 12.2 Å². The Hall–Kier alpha value is -2.14. The minimum Gasteiger partial charge on any atom is -0.340 e. The molecule has 2 N–H and O–H groups in total. The first kappa shape index (κ1) is 12.9. The maximum absolute atomic E-state index is 5.72. The summed E-state index contributed by atoms with van der Waals surface area (Å²) in [4.78, 5) is 4.37. The van der Waals surface area contributed by atoms with E-state index in [1.54, 1.807) is 6.33 Å². The van der Waals surface area contributed by atoms with Crippen LogP contribution in [0.15, 0.2) is 36.8 Å². The van der Waals surface area contributed by atoms with Crippen LogP contribution in [0.2, 0.25) is 0 Å². The van der Waals surface area contributed by atoms with Crippen LogP contribution in [0.25, 0.3) is 10.9 Å². The van der Waals surface area contributed by atoms with Crippen LogP contribution in [0.3, 0.4) is 0 Å². The van der Waals surface area contributed by atoms with Crippen molar-refractivity contribution in [3.63, 3.8) is 0 Å². The van der Waals surface area contributed by atoms with Crippen LogP contribution in [-0.2, 0) is 19.6 Å². The first-order valence-corrected chi connectivity index (χ1v) is 6.96. The topological polar surface area (TPSA) is 61.7 Å². The third-order valence-corrected chi connectivity index (χ3v) is 3.52. The lowest BCUT2D eigenvalue weighted by molar-refractivity contribution is 0.557. The summed E-state index contributed by atoms with van der Waals surface area (Å²) < 4.78 is 4.17. The molecule has 0 saturated heterocycles. The lowest BCUT2D eigenvalue weighted by Crippen LogP contribution is -2.09. The largest absolute Gasteiger partial charge is 0.340 e. The van der Waals surface area contributed by atoms with E-state index in [0.29, 0.717) is 6.54 Å². The van der Waals surface area contributed by atoms with Gasteiger partial charge in [-0.05, 0) is 29.5 Å². The summed E-state index contributed by atoms with van der Waals surface area (Å²) in [7, 11) is 0. The second kappa shape index (κ2) is 5.46. The molecule has 0 aliphatic carbocycles. The Balaban J connectivity index is 1.95. The maximum Gasteiger partial charge on any atom is 0.146 e. The van der Waals surface area contributed by atoms with Crippen molar-refractivity contribution >= 4 is 10.9 Å². The van der Waals surface area contributed by atoms with Gasteiger partial charge in [0.2, 0.25) is 0 Å². The number of hydrogen-bond acceptors (Lipinski definition) is 3. The normalized spacial score (nSPS) is 11.3. The highest BCUT2D eigenvalue weighted by atomic mass is 15.3. The van der Waals surface area contributed by atoms with Gasteiger partial charge >= 0.3 is 0 Å². The number of rotatable bonds is 5. The standard InChI is InChI=1S/C15H19N5/c1-2-6-20-15(17-11-18-20)10-19-7-5-13-4-3-12(9-16)8-14(13)19/h3-5,7-8,11H,2,6,9-10,16H2,1H3. The highest BCUT2D eigenvalue weighted by Gasteiger charge is 2.07. The molecule has 0 aliphatic rings. The molecule has 0 spiro atoms. The molecular formula is C15H19N5. The lowest BCUT2D eigenvalue weighted by atomic mass is 10.1. The number of benzene rings is 1. The van der Waals surface area contributed by atoms with Crippen molar-refractivity contribution in [1.29, 1.82) is 0 Å². The molecule has 0 radical (unpaired) electrons. The summed E-state index contributed by atoms with van der Waals surface area (Å²) in [6.07, 6.45) is 4.78. The van der Waals surface area contributed by atoms with Crippen molar-refractivity contribution < 1.29 is 0 Å². The van der Waals surface area contributed by atoms with Crippen LogP contribution in [-0.4, -0.2) is 19.3 Å². The van der Waals surface area contributed by atoms with Crippen molar-refractivity contribution in [3.05, 3.63) is 48.2 Å². The van der Waals surface area contributed by atoms with E-state index in [-0.39, 0.29) is 0 Å². The fourth-order valence-electron chi connectivity index (χ4n) is 2.46. The number of hydrogen-bond donors (Lipinski definition) is 1. The molecule has 0 amide bonds. The highest BCUT2D eigenvalue weighted by molar-refractivity contribution is 5.80. The second-order valence-corrected chi connectivity index (χ2v) is 4.94. The molecule has 2 heterocycles. The average molecular weight is 269 g/mol. The molecule has 104 valence electrons. The number of nitrogens with two attached hydrogens (primary N) is 1. The fourth-order valence-corrected chi connectivity index (χ4v) is 2.46. The molecule has 3 rings (SSSR count). The minimum atomic E-state index is 0.563. The van der Waals surface area contributed by atoms with Crippen molar-refractivity contribution in [2.24, 2.45) is 5.73 Å². The van der Waals surface area contributed by atoms with E-state index in [9.17, 15) is 0 Å². The van der Waals surface area contributed by atoms with Crippen molar-refractivity contribution in [2.45, 2.75) is 33.0 Å². The van der Waals surface area contributed by atoms with Crippen LogP contribution in [0.5, 0.6) is 0 Å². The summed E-state index contributed by atoms with van der Waals surface area (Å²) in [5.74, 6) is 0.988. The van der Waals surface area contributed by atoms with E-state index in [4.69, 9.17) is 5.73 Å². The van der Waals surface area contributed by atoms with Gasteiger partial charge in [-0.1, -0.05) is 19.1 Å². The van der Waals surface area contributed by atoms with Crippen LogP contribution in [0.4, 0.5) is 0 Å². The Morgan fingerprint density at radius 1 is 1.25 bits per heavy atom. The molecule has 0 unspecified atom stereocenters. The molecule has 5 heteroatoms. The molecule has 1 aromatic carbocycles. The Morgan fingerprint density at radius 3 is 2.95 bits per heavy atom. The summed E-state index contributed by atoms with van der Waals surface area (Å²) >= 11 is 0. The Kier molecular flexibility index (Phi) is 3.52. The number of nitrogens with zero attached hydrogens (tertiary/aromatic N) is 4. The van der Waals surface area contributed by atoms with E-state index in [1.807, 2.05) is 4.68 Å². The van der Waals surface area contributed by atoms with Gasteiger partial charge in [0.15, 0.2) is 0 Å². The smallest absolute Gasteiger partial charge is 0.146 e. The molecular weight excluding hydrogens is 250 g/mol. The minimum absolute atomic E-state index is 0.563. The predicted octanol–water partition coefficient (Wildman–Crippen LogP) is 2.15. The Morgan fingerprint density at radius 2 is 2.15 bits per heavy atom. The molecule has 3 aromatic rings. The number of aromatic nitrogens is 4. The predicted molar refractivity (Wildman–Crippen MR) is 79.2 cm³/mol. The SMILES string of the molecule is CCCn1ncnc1Cn1ccc2ccc(CN)cc21. The zero-order valence-corrected chi connectivity index (χ0v) is 11.7. The lowest BCUT2D eigenvalue weighted by Gasteiger charge is -2.08. The molecule has 2 aromatic heterocycles. The molecule has 0 saturated carbocycles. The van der Waals surface area contributed by atoms with Gasteiger partial charge in [-0.2, -0.15) is 5.10 Å². The fraction of sp³-hybridized carbons (Fsp3) is 0.333. The van der Waals surface area contributed by atoms with Crippen LogP contribution in [0, 0.1) is 0 Å². The number of fused-ring (bicyclic) bond motifs is 1. The molecule has 0 aliphatic heterocycles. The van der Waals surface area contributed by atoms with E-state index < -0.39 is 0 Å². The zero-order valence-electron chi connectivity index (χ0n) is 11.7. The first-order valence-electron chi connectivity index (χ1n) is 6.96. The molecule has 5 nitrogen and oxygen atoms in total. The summed E-state index contributed by atoms with van der Waals surface area (Å²) in [5, 5.41) is 5.50. The Bertz CT molecular complexity index is 710. The molecule has 0 bridgehead atoms. The van der Waals surface area contributed by atoms with Gasteiger partial charge in [-0.25, -0.2) is 9.67 Å². The molecule has 0 fully saturated rings. The third-order valence-electron chi connectivity index (χ3n) is 3.52. The van der Waals surface area contributed by atoms with E-state index in [1.165, 1.54) is 10.9 Å². The quantitative estimate of drug-likeness (QED) is 0.772. The Labute approximate surface area is 118 Å². The second-order valence-electron chi connectivity index (χ2n) is 4.94. The van der Waals surface area contributed by atoms with Crippen LogP contribution in [0.1, 0.15) is 24.7 Å². The maximum atomic E-state index is 5.72. The third kappa shape index (κ3) is 2.32. The highest BCUT2D eigenvalue weighted by Crippen LogP contribution is 2.18. The monoisotopic (exact) mass is 269 g/mol. The molecule has 20 heavy (non-hydrogen) atoms. The van der Waals surface area contributed by atoms with E-state index in [0.717, 1.165) is 30.9 Å². The first-order chi connectivity index (χ1) is 9.81. The van der Waals surface area contributed by atoms with Gasteiger partial charge in [0, 0.05) is 24.8 Å². The van der Waals surface area contributed by atoms with Crippen molar-refractivity contribution in [1.82, 2.24) is 19.3 Å². The van der Waals surface area contributed by atoms with Crippen molar-refractivity contribution in [3.8, 4) is 0 Å². The summed E-state index contributed by atoms with van der Waals surface area (Å²) in [6.45, 7) is 4.34.